The summed E-state index contributed by atoms with van der Waals surface area (Å²) in [5.74, 6) is 0.145. The summed E-state index contributed by atoms with van der Waals surface area (Å²) in [6.07, 6.45) is 0. The molecule has 9 rings (SSSR count). The molecule has 7 aromatic rings. The predicted molar refractivity (Wildman–Crippen MR) is 170 cm³/mol. The predicted octanol–water partition coefficient (Wildman–Crippen LogP) is 10.8. The topological polar surface area (TPSA) is 6.48 Å². The van der Waals surface area contributed by atoms with Gasteiger partial charge in [-0.2, -0.15) is 0 Å². The lowest BCUT2D eigenvalue weighted by molar-refractivity contribution is 0.912. The summed E-state index contributed by atoms with van der Waals surface area (Å²) in [5.41, 5.74) is 11.5. The van der Waals surface area contributed by atoms with Gasteiger partial charge in [0, 0.05) is 38.3 Å². The monoisotopic (exact) mass is 528 g/mol. The van der Waals surface area contributed by atoms with Crippen molar-refractivity contribution in [3.05, 3.63) is 156 Å². The zero-order valence-corrected chi connectivity index (χ0v) is 22.5. The van der Waals surface area contributed by atoms with Crippen LogP contribution in [-0.4, -0.2) is 0 Å². The van der Waals surface area contributed by atoms with Gasteiger partial charge in [-0.05, 0) is 59.7 Å². The van der Waals surface area contributed by atoms with Crippen molar-refractivity contribution in [2.24, 2.45) is 0 Å². The highest BCUT2D eigenvalue weighted by atomic mass is 32.1. The molecule has 1 atom stereocenters. The van der Waals surface area contributed by atoms with Gasteiger partial charge in [-0.15, -0.1) is 11.3 Å². The van der Waals surface area contributed by atoms with Crippen molar-refractivity contribution >= 4 is 65.6 Å². The third-order valence-electron chi connectivity index (χ3n) is 8.43. The largest absolute Gasteiger partial charge is 0.310 e. The van der Waals surface area contributed by atoms with E-state index in [4.69, 9.17) is 0 Å². The van der Waals surface area contributed by atoms with Crippen molar-refractivity contribution in [3.63, 3.8) is 0 Å². The maximum atomic E-state index is 2.51. The fraction of sp³-hybridized carbons (Fsp3) is 0.0270. The molecular weight excluding hydrogens is 504 g/mol. The van der Waals surface area contributed by atoms with E-state index in [2.05, 4.69) is 149 Å². The third kappa shape index (κ3) is 2.93. The second-order valence-electron chi connectivity index (χ2n) is 10.5. The molecule has 3 heteroatoms. The normalized spacial score (nSPS) is 15.2. The molecule has 0 spiro atoms. The average Bonchev–Trinajstić information content (AvgIpc) is 3.41. The molecule has 0 saturated carbocycles. The molecule has 3 heterocycles. The van der Waals surface area contributed by atoms with Gasteiger partial charge in [-0.3, -0.25) is 0 Å². The Balaban J connectivity index is 1.43. The van der Waals surface area contributed by atoms with Crippen LogP contribution in [0, 0.1) is 0 Å². The third-order valence-corrected chi connectivity index (χ3v) is 9.63. The number of para-hydroxylation sites is 3. The van der Waals surface area contributed by atoms with E-state index in [1.54, 1.807) is 0 Å². The summed E-state index contributed by atoms with van der Waals surface area (Å²) in [6, 6.07) is 51.0. The molecule has 2 aliphatic rings. The molecule has 0 bridgehead atoms. The molecule has 0 saturated heterocycles. The first kappa shape index (κ1) is 22.0. The van der Waals surface area contributed by atoms with Gasteiger partial charge < -0.3 is 9.80 Å². The van der Waals surface area contributed by atoms with Crippen molar-refractivity contribution in [2.45, 2.75) is 5.92 Å². The Labute approximate surface area is 237 Å². The van der Waals surface area contributed by atoms with Crippen molar-refractivity contribution < 1.29 is 0 Å². The zero-order chi connectivity index (χ0) is 26.2. The molecule has 188 valence electrons. The van der Waals surface area contributed by atoms with Crippen LogP contribution < -0.4 is 9.80 Å². The SMILES string of the molecule is c1ccc(N2c3ccccc3C3c4ccc5c(sc6ccccc65)c4N(c4ccccc4)c4cccc2c43)cc1. The number of hydrogen-bond acceptors (Lipinski definition) is 3. The minimum atomic E-state index is 0.145. The van der Waals surface area contributed by atoms with E-state index >= 15 is 0 Å². The Kier molecular flexibility index (Phi) is 4.58. The van der Waals surface area contributed by atoms with E-state index in [9.17, 15) is 0 Å². The van der Waals surface area contributed by atoms with Gasteiger partial charge in [0.2, 0.25) is 0 Å². The molecular formula is C37H24N2S. The summed E-state index contributed by atoms with van der Waals surface area (Å²) in [7, 11) is 0. The first-order chi connectivity index (χ1) is 19.9. The summed E-state index contributed by atoms with van der Waals surface area (Å²) in [6.45, 7) is 0. The van der Waals surface area contributed by atoms with Crippen LogP contribution in [0.15, 0.2) is 140 Å². The molecule has 0 N–H and O–H groups in total. The second-order valence-corrected chi connectivity index (χ2v) is 11.6. The quantitative estimate of drug-likeness (QED) is 0.220. The number of fused-ring (bicyclic) bond motifs is 8. The van der Waals surface area contributed by atoms with Crippen molar-refractivity contribution in [1.82, 2.24) is 0 Å². The van der Waals surface area contributed by atoms with Crippen molar-refractivity contribution in [2.75, 3.05) is 9.80 Å². The molecule has 0 fully saturated rings. The number of anilines is 6. The molecule has 1 unspecified atom stereocenters. The molecule has 0 aliphatic carbocycles. The Morgan fingerprint density at radius 2 is 1.07 bits per heavy atom. The van der Waals surface area contributed by atoms with Gasteiger partial charge in [-0.1, -0.05) is 91.0 Å². The molecule has 2 aliphatic heterocycles. The van der Waals surface area contributed by atoms with Gasteiger partial charge in [0.05, 0.1) is 27.4 Å². The first-order valence-electron chi connectivity index (χ1n) is 13.7. The summed E-state index contributed by atoms with van der Waals surface area (Å²) in [5, 5.41) is 2.66. The van der Waals surface area contributed by atoms with Gasteiger partial charge in [0.25, 0.3) is 0 Å². The van der Waals surface area contributed by atoms with E-state index in [1.165, 1.54) is 71.0 Å². The molecule has 6 aromatic carbocycles. The van der Waals surface area contributed by atoms with E-state index < -0.39 is 0 Å². The average molecular weight is 529 g/mol. The van der Waals surface area contributed by atoms with Crippen LogP contribution in [0.5, 0.6) is 0 Å². The highest BCUT2D eigenvalue weighted by molar-refractivity contribution is 7.26. The highest BCUT2D eigenvalue weighted by Gasteiger charge is 2.41. The van der Waals surface area contributed by atoms with Crippen LogP contribution in [0.3, 0.4) is 0 Å². The standard InChI is InChI=1S/C37H24N2S/c1-3-12-24(13-4-1)38-30-18-9-7-17-28(30)34-29-23-22-27-26-16-8-10-21-33(26)40-37(27)36(29)39(25-14-5-2-6-15-25)32-20-11-19-31(38)35(32)34/h1-23,34H. The number of nitrogens with zero attached hydrogens (tertiary/aromatic N) is 2. The van der Waals surface area contributed by atoms with Crippen LogP contribution in [0.1, 0.15) is 22.6 Å². The van der Waals surface area contributed by atoms with Gasteiger partial charge in [0.15, 0.2) is 0 Å². The smallest absolute Gasteiger partial charge is 0.0682 e. The number of rotatable bonds is 2. The van der Waals surface area contributed by atoms with Gasteiger partial charge in [-0.25, -0.2) is 0 Å². The van der Waals surface area contributed by atoms with Gasteiger partial charge in [0.1, 0.15) is 0 Å². The van der Waals surface area contributed by atoms with Crippen LogP contribution in [0.2, 0.25) is 0 Å². The van der Waals surface area contributed by atoms with Crippen LogP contribution >= 0.6 is 11.3 Å². The van der Waals surface area contributed by atoms with E-state index in [-0.39, 0.29) is 5.92 Å². The number of benzene rings is 6. The number of thiophene rings is 1. The fourth-order valence-electron chi connectivity index (χ4n) is 6.84. The van der Waals surface area contributed by atoms with E-state index in [1.807, 2.05) is 11.3 Å². The summed E-state index contributed by atoms with van der Waals surface area (Å²) in [4.78, 5) is 4.95. The van der Waals surface area contributed by atoms with Crippen molar-refractivity contribution in [3.8, 4) is 0 Å². The zero-order valence-electron chi connectivity index (χ0n) is 21.7. The maximum Gasteiger partial charge on any atom is 0.0682 e. The van der Waals surface area contributed by atoms with Crippen LogP contribution in [-0.2, 0) is 0 Å². The lowest BCUT2D eigenvalue weighted by atomic mass is 9.75. The first-order valence-corrected chi connectivity index (χ1v) is 14.6. The summed E-state index contributed by atoms with van der Waals surface area (Å²) >= 11 is 1.91. The number of hydrogen-bond donors (Lipinski definition) is 0. The molecule has 0 amide bonds. The van der Waals surface area contributed by atoms with E-state index in [0.29, 0.717) is 0 Å². The molecule has 1 aromatic heterocycles. The maximum absolute atomic E-state index is 2.51. The fourth-order valence-corrected chi connectivity index (χ4v) is 8.09. The van der Waals surface area contributed by atoms with E-state index in [0.717, 1.165) is 0 Å². The van der Waals surface area contributed by atoms with Crippen LogP contribution in [0.25, 0.3) is 20.2 Å². The Hall–Kier alpha value is -4.86. The Morgan fingerprint density at radius 1 is 0.450 bits per heavy atom. The minimum absolute atomic E-state index is 0.145. The Bertz CT molecular complexity index is 2080. The second kappa shape index (κ2) is 8.32. The molecule has 40 heavy (non-hydrogen) atoms. The highest BCUT2D eigenvalue weighted by Crippen LogP contribution is 2.62. The van der Waals surface area contributed by atoms with Gasteiger partial charge >= 0.3 is 0 Å². The molecule has 0 radical (unpaired) electrons. The minimum Gasteiger partial charge on any atom is -0.310 e. The Morgan fingerprint density at radius 3 is 1.88 bits per heavy atom. The lowest BCUT2D eigenvalue weighted by Crippen LogP contribution is -2.29. The molecule has 2 nitrogen and oxygen atoms in total. The lowest BCUT2D eigenvalue weighted by Gasteiger charge is -2.45. The summed E-state index contributed by atoms with van der Waals surface area (Å²) < 4.78 is 2.68. The van der Waals surface area contributed by atoms with Crippen molar-refractivity contribution in [1.29, 1.82) is 0 Å². The van der Waals surface area contributed by atoms with Crippen LogP contribution in [0.4, 0.5) is 34.1 Å².